The molecule has 1 aliphatic rings. The molecular formula is C20H24ClN3O2. The molecule has 1 aliphatic heterocycles. The van der Waals surface area contributed by atoms with E-state index in [1.54, 1.807) is 12.4 Å². The van der Waals surface area contributed by atoms with E-state index in [1.807, 2.05) is 41.3 Å². The Hall–Kier alpha value is -2.11. The number of rotatable bonds is 7. The fourth-order valence-corrected chi connectivity index (χ4v) is 3.13. The molecule has 0 bridgehead atoms. The van der Waals surface area contributed by atoms with Crippen molar-refractivity contribution < 1.29 is 9.53 Å². The predicted octanol–water partition coefficient (Wildman–Crippen LogP) is 2.89. The number of nitrogens with zero attached hydrogens (tertiary/aromatic N) is 3. The number of piperazine rings is 1. The van der Waals surface area contributed by atoms with Crippen LogP contribution >= 0.6 is 11.6 Å². The maximum absolute atomic E-state index is 12.4. The number of halogens is 1. The molecule has 5 nitrogen and oxygen atoms in total. The first kappa shape index (κ1) is 18.7. The molecule has 0 atom stereocenters. The zero-order chi connectivity index (χ0) is 18.2. The normalized spacial score (nSPS) is 15.0. The summed E-state index contributed by atoms with van der Waals surface area (Å²) in [5, 5.41) is 0.710. The van der Waals surface area contributed by atoms with Crippen molar-refractivity contribution in [3.63, 3.8) is 0 Å². The van der Waals surface area contributed by atoms with Crippen LogP contribution in [0.1, 0.15) is 12.0 Å². The molecule has 1 fully saturated rings. The average Bonchev–Trinajstić information content (AvgIpc) is 2.69. The number of aromatic nitrogens is 1. The van der Waals surface area contributed by atoms with Crippen LogP contribution in [0.15, 0.2) is 48.8 Å². The molecule has 0 saturated carbocycles. The van der Waals surface area contributed by atoms with E-state index in [4.69, 9.17) is 16.3 Å². The lowest BCUT2D eigenvalue weighted by atomic mass is 10.1. The molecule has 0 radical (unpaired) electrons. The summed E-state index contributed by atoms with van der Waals surface area (Å²) in [6.45, 7) is 4.86. The SMILES string of the molecule is O=C(CCc1ccncc1)N1CCN(CCOc2ccc(Cl)cc2)CC1. The van der Waals surface area contributed by atoms with Crippen molar-refractivity contribution in [3.05, 3.63) is 59.4 Å². The minimum absolute atomic E-state index is 0.235. The molecule has 2 heterocycles. The van der Waals surface area contributed by atoms with Gasteiger partial charge in [0.25, 0.3) is 0 Å². The third-order valence-corrected chi connectivity index (χ3v) is 4.84. The van der Waals surface area contributed by atoms with Crippen LogP contribution in [0.5, 0.6) is 5.75 Å². The molecule has 0 N–H and O–H groups in total. The van der Waals surface area contributed by atoms with Crippen molar-refractivity contribution in [1.29, 1.82) is 0 Å². The maximum atomic E-state index is 12.4. The number of carbonyl (C=O) groups excluding carboxylic acids is 1. The quantitative estimate of drug-likeness (QED) is 0.748. The lowest BCUT2D eigenvalue weighted by Gasteiger charge is -2.34. The number of benzene rings is 1. The number of pyridine rings is 1. The number of hydrogen-bond acceptors (Lipinski definition) is 4. The van der Waals surface area contributed by atoms with Gasteiger partial charge in [-0.25, -0.2) is 0 Å². The van der Waals surface area contributed by atoms with Crippen LogP contribution in [0.3, 0.4) is 0 Å². The van der Waals surface area contributed by atoms with Gasteiger partial charge in [0, 0.05) is 56.6 Å². The van der Waals surface area contributed by atoms with Gasteiger partial charge in [-0.15, -0.1) is 0 Å². The predicted molar refractivity (Wildman–Crippen MR) is 103 cm³/mol. The lowest BCUT2D eigenvalue weighted by molar-refractivity contribution is -0.132. The molecule has 0 unspecified atom stereocenters. The summed E-state index contributed by atoms with van der Waals surface area (Å²) in [6, 6.07) is 11.3. The number of amides is 1. The third kappa shape index (κ3) is 5.71. The topological polar surface area (TPSA) is 45.7 Å². The number of ether oxygens (including phenoxy) is 1. The van der Waals surface area contributed by atoms with Gasteiger partial charge in [-0.1, -0.05) is 11.6 Å². The third-order valence-electron chi connectivity index (χ3n) is 4.59. The summed E-state index contributed by atoms with van der Waals surface area (Å²) in [6.07, 6.45) is 4.87. The molecule has 1 aromatic heterocycles. The van der Waals surface area contributed by atoms with Gasteiger partial charge in [0.05, 0.1) is 0 Å². The van der Waals surface area contributed by atoms with Crippen LogP contribution in [0.2, 0.25) is 5.02 Å². The first-order valence-corrected chi connectivity index (χ1v) is 9.36. The lowest BCUT2D eigenvalue weighted by Crippen LogP contribution is -2.49. The van der Waals surface area contributed by atoms with Crippen molar-refractivity contribution in [1.82, 2.24) is 14.8 Å². The number of aryl methyl sites for hydroxylation is 1. The van der Waals surface area contributed by atoms with Gasteiger partial charge >= 0.3 is 0 Å². The first-order chi connectivity index (χ1) is 12.7. The summed E-state index contributed by atoms with van der Waals surface area (Å²) in [7, 11) is 0. The van der Waals surface area contributed by atoms with E-state index in [0.717, 1.165) is 50.5 Å². The number of hydrogen-bond donors (Lipinski definition) is 0. The van der Waals surface area contributed by atoms with E-state index in [-0.39, 0.29) is 5.91 Å². The number of carbonyl (C=O) groups is 1. The molecular weight excluding hydrogens is 350 g/mol. The molecule has 2 aromatic rings. The van der Waals surface area contributed by atoms with Crippen molar-refractivity contribution in [2.24, 2.45) is 0 Å². The first-order valence-electron chi connectivity index (χ1n) is 8.98. The van der Waals surface area contributed by atoms with Crippen molar-refractivity contribution in [2.75, 3.05) is 39.3 Å². The van der Waals surface area contributed by atoms with Crippen LogP contribution in [0.4, 0.5) is 0 Å². The van der Waals surface area contributed by atoms with Crippen LogP contribution in [-0.4, -0.2) is 60.0 Å². The molecule has 1 saturated heterocycles. The second kappa shape index (κ2) is 9.55. The molecule has 0 spiro atoms. The van der Waals surface area contributed by atoms with Gasteiger partial charge < -0.3 is 9.64 Å². The minimum atomic E-state index is 0.235. The zero-order valence-corrected chi connectivity index (χ0v) is 15.6. The van der Waals surface area contributed by atoms with Crippen molar-refractivity contribution in [2.45, 2.75) is 12.8 Å². The van der Waals surface area contributed by atoms with E-state index < -0.39 is 0 Å². The van der Waals surface area contributed by atoms with Gasteiger partial charge in [-0.05, 0) is 48.4 Å². The largest absolute Gasteiger partial charge is 0.492 e. The van der Waals surface area contributed by atoms with Gasteiger partial charge in [0.15, 0.2) is 0 Å². The highest BCUT2D eigenvalue weighted by atomic mass is 35.5. The monoisotopic (exact) mass is 373 g/mol. The van der Waals surface area contributed by atoms with E-state index in [2.05, 4.69) is 9.88 Å². The summed E-state index contributed by atoms with van der Waals surface area (Å²) < 4.78 is 5.74. The standard InChI is InChI=1S/C20H24ClN3O2/c21-18-2-4-19(5-3-18)26-16-15-23-11-13-24(14-12-23)20(25)6-1-17-7-9-22-10-8-17/h2-5,7-10H,1,6,11-16H2. The minimum Gasteiger partial charge on any atom is -0.492 e. The average molecular weight is 374 g/mol. The molecule has 3 rings (SSSR count). The summed E-state index contributed by atoms with van der Waals surface area (Å²) in [5.41, 5.74) is 1.16. The second-order valence-corrected chi connectivity index (χ2v) is 6.82. The van der Waals surface area contributed by atoms with E-state index in [9.17, 15) is 4.79 Å². The highest BCUT2D eigenvalue weighted by Crippen LogP contribution is 2.15. The van der Waals surface area contributed by atoms with Crippen LogP contribution < -0.4 is 4.74 Å². The molecule has 0 aliphatic carbocycles. The molecule has 1 amide bonds. The highest BCUT2D eigenvalue weighted by Gasteiger charge is 2.20. The van der Waals surface area contributed by atoms with Crippen LogP contribution in [0.25, 0.3) is 0 Å². The van der Waals surface area contributed by atoms with Gasteiger partial charge in [-0.2, -0.15) is 0 Å². The fraction of sp³-hybridized carbons (Fsp3) is 0.400. The molecule has 1 aromatic carbocycles. The Morgan fingerprint density at radius 2 is 1.73 bits per heavy atom. The Labute approximate surface area is 159 Å². The van der Waals surface area contributed by atoms with Gasteiger partial charge in [0.2, 0.25) is 5.91 Å². The Morgan fingerprint density at radius 3 is 2.42 bits per heavy atom. The Morgan fingerprint density at radius 1 is 1.04 bits per heavy atom. The van der Waals surface area contributed by atoms with Crippen LogP contribution in [0, 0.1) is 0 Å². The van der Waals surface area contributed by atoms with Crippen molar-refractivity contribution in [3.8, 4) is 5.75 Å². The fourth-order valence-electron chi connectivity index (χ4n) is 3.00. The Balaban J connectivity index is 1.33. The zero-order valence-electron chi connectivity index (χ0n) is 14.8. The Bertz CT molecular complexity index is 686. The van der Waals surface area contributed by atoms with Crippen LogP contribution in [-0.2, 0) is 11.2 Å². The summed E-state index contributed by atoms with van der Waals surface area (Å²) in [4.78, 5) is 20.7. The molecule has 6 heteroatoms. The maximum Gasteiger partial charge on any atom is 0.222 e. The Kier molecular flexibility index (Phi) is 6.86. The van der Waals surface area contributed by atoms with Crippen molar-refractivity contribution >= 4 is 17.5 Å². The van der Waals surface area contributed by atoms with Gasteiger partial charge in [0.1, 0.15) is 12.4 Å². The molecule has 26 heavy (non-hydrogen) atoms. The summed E-state index contributed by atoms with van der Waals surface area (Å²) >= 11 is 5.87. The van der Waals surface area contributed by atoms with E-state index >= 15 is 0 Å². The van der Waals surface area contributed by atoms with E-state index in [0.29, 0.717) is 18.1 Å². The second-order valence-electron chi connectivity index (χ2n) is 6.38. The summed E-state index contributed by atoms with van der Waals surface area (Å²) in [5.74, 6) is 1.07. The molecule has 138 valence electrons. The van der Waals surface area contributed by atoms with E-state index in [1.165, 1.54) is 0 Å². The smallest absolute Gasteiger partial charge is 0.222 e. The highest BCUT2D eigenvalue weighted by molar-refractivity contribution is 6.30. The van der Waals surface area contributed by atoms with Gasteiger partial charge in [-0.3, -0.25) is 14.7 Å².